The normalized spacial score (nSPS) is 14.5. The molecule has 0 spiro atoms. The average molecular weight is 284 g/mol. The van der Waals surface area contributed by atoms with Crippen molar-refractivity contribution in [1.82, 2.24) is 5.16 Å². The summed E-state index contributed by atoms with van der Waals surface area (Å²) in [6.07, 6.45) is 0.581. The van der Waals surface area contributed by atoms with Crippen LogP contribution in [0.1, 0.15) is 28.5 Å². The summed E-state index contributed by atoms with van der Waals surface area (Å²) in [5, 5.41) is 13.4. The molecule has 0 aliphatic carbocycles. The molecule has 3 rings (SSSR count). The summed E-state index contributed by atoms with van der Waals surface area (Å²) in [7, 11) is 0. The lowest BCUT2D eigenvalue weighted by Crippen LogP contribution is -2.15. The van der Waals surface area contributed by atoms with Gasteiger partial charge in [-0.25, -0.2) is 0 Å². The van der Waals surface area contributed by atoms with E-state index in [2.05, 4.69) is 11.2 Å². The maximum atomic E-state index is 9.49. The van der Waals surface area contributed by atoms with Crippen LogP contribution in [0, 0.1) is 25.2 Å². The number of hydrogen-bond acceptors (Lipinski definition) is 5. The van der Waals surface area contributed by atoms with Crippen LogP contribution >= 0.6 is 0 Å². The summed E-state index contributed by atoms with van der Waals surface area (Å²) in [4.78, 5) is 0. The van der Waals surface area contributed by atoms with Crippen molar-refractivity contribution in [2.75, 3.05) is 13.2 Å². The Morgan fingerprint density at radius 3 is 2.67 bits per heavy atom. The molecule has 0 radical (unpaired) electrons. The van der Waals surface area contributed by atoms with Crippen LogP contribution in [0.25, 0.3) is 0 Å². The van der Waals surface area contributed by atoms with Crippen molar-refractivity contribution in [2.24, 2.45) is 0 Å². The highest BCUT2D eigenvalue weighted by molar-refractivity contribution is 5.46. The monoisotopic (exact) mass is 284 g/mol. The minimum absolute atomic E-state index is 0.266. The summed E-state index contributed by atoms with van der Waals surface area (Å²) in [5.41, 5.74) is 2.75. The Morgan fingerprint density at radius 1 is 1.24 bits per heavy atom. The van der Waals surface area contributed by atoms with E-state index in [0.717, 1.165) is 28.3 Å². The van der Waals surface area contributed by atoms with Gasteiger partial charge in [0.1, 0.15) is 19.0 Å². The molecule has 1 aliphatic heterocycles. The van der Waals surface area contributed by atoms with Crippen molar-refractivity contribution in [3.8, 4) is 17.6 Å². The number of hydrogen-bond donors (Lipinski definition) is 0. The molecular weight excluding hydrogens is 268 g/mol. The van der Waals surface area contributed by atoms with Crippen molar-refractivity contribution in [3.63, 3.8) is 0 Å². The Balaban J connectivity index is 1.89. The number of nitriles is 1. The fraction of sp³-hybridized carbons (Fsp3) is 0.375. The number of rotatable bonds is 3. The minimum Gasteiger partial charge on any atom is -0.486 e. The van der Waals surface area contributed by atoms with Gasteiger partial charge in [-0.3, -0.25) is 0 Å². The summed E-state index contributed by atoms with van der Waals surface area (Å²) in [5.74, 6) is 1.94. The third kappa shape index (κ3) is 2.57. The van der Waals surface area contributed by atoms with E-state index in [9.17, 15) is 5.26 Å². The van der Waals surface area contributed by atoms with Gasteiger partial charge in [0.25, 0.3) is 0 Å². The second-order valence-electron chi connectivity index (χ2n) is 5.09. The molecule has 1 unspecified atom stereocenters. The smallest absolute Gasteiger partial charge is 0.161 e. The highest BCUT2D eigenvalue weighted by atomic mass is 16.6. The Kier molecular flexibility index (Phi) is 3.53. The van der Waals surface area contributed by atoms with Crippen LogP contribution < -0.4 is 9.47 Å². The lowest BCUT2D eigenvalue weighted by Gasteiger charge is -2.20. The standard InChI is InChI=1S/C16H16N2O3/c1-10-14(11(2)21-18-10)7-13(9-17)12-3-4-15-16(8-12)20-6-5-19-15/h3-4,8,13H,5-7H2,1-2H3. The molecule has 0 fully saturated rings. The zero-order chi connectivity index (χ0) is 14.8. The van der Waals surface area contributed by atoms with Crippen molar-refractivity contribution in [2.45, 2.75) is 26.2 Å². The van der Waals surface area contributed by atoms with E-state index in [1.807, 2.05) is 32.0 Å². The molecule has 1 aromatic carbocycles. The second kappa shape index (κ2) is 5.49. The summed E-state index contributed by atoms with van der Waals surface area (Å²) in [6.45, 7) is 4.86. The summed E-state index contributed by atoms with van der Waals surface area (Å²) >= 11 is 0. The quantitative estimate of drug-likeness (QED) is 0.866. The van der Waals surface area contributed by atoms with E-state index in [-0.39, 0.29) is 5.92 Å². The number of fused-ring (bicyclic) bond motifs is 1. The molecular formula is C16H16N2O3. The highest BCUT2D eigenvalue weighted by Gasteiger charge is 2.20. The van der Waals surface area contributed by atoms with Crippen LogP contribution in [-0.2, 0) is 6.42 Å². The number of aromatic nitrogens is 1. The molecule has 0 N–H and O–H groups in total. The van der Waals surface area contributed by atoms with Crippen molar-refractivity contribution in [3.05, 3.63) is 40.8 Å². The zero-order valence-electron chi connectivity index (χ0n) is 12.0. The van der Waals surface area contributed by atoms with Crippen LogP contribution in [0.4, 0.5) is 0 Å². The molecule has 21 heavy (non-hydrogen) atoms. The second-order valence-corrected chi connectivity index (χ2v) is 5.09. The lowest BCUT2D eigenvalue weighted by molar-refractivity contribution is 0.171. The van der Waals surface area contributed by atoms with E-state index < -0.39 is 0 Å². The van der Waals surface area contributed by atoms with Crippen LogP contribution in [-0.4, -0.2) is 18.4 Å². The third-order valence-corrected chi connectivity index (χ3v) is 3.71. The molecule has 0 saturated carbocycles. The number of nitrogens with zero attached hydrogens (tertiary/aromatic N) is 2. The van der Waals surface area contributed by atoms with Gasteiger partial charge in [-0.2, -0.15) is 5.26 Å². The Bertz CT molecular complexity index is 681. The molecule has 1 aliphatic rings. The largest absolute Gasteiger partial charge is 0.486 e. The van der Waals surface area contributed by atoms with Gasteiger partial charge in [-0.05, 0) is 38.0 Å². The minimum atomic E-state index is -0.266. The Morgan fingerprint density at radius 2 is 2.00 bits per heavy atom. The summed E-state index contributed by atoms with van der Waals surface area (Å²) < 4.78 is 16.2. The van der Waals surface area contributed by atoms with Crippen molar-refractivity contribution >= 4 is 0 Å². The molecule has 0 saturated heterocycles. The molecule has 0 amide bonds. The van der Waals surface area contributed by atoms with Gasteiger partial charge in [-0.1, -0.05) is 11.2 Å². The number of aryl methyl sites for hydroxylation is 2. The fourth-order valence-electron chi connectivity index (χ4n) is 2.51. The first kappa shape index (κ1) is 13.5. The van der Waals surface area contributed by atoms with E-state index in [4.69, 9.17) is 14.0 Å². The van der Waals surface area contributed by atoms with E-state index in [1.54, 1.807) is 0 Å². The van der Waals surface area contributed by atoms with Gasteiger partial charge in [0.15, 0.2) is 11.5 Å². The lowest BCUT2D eigenvalue weighted by atomic mass is 9.92. The van der Waals surface area contributed by atoms with Crippen LogP contribution in [0.3, 0.4) is 0 Å². The molecule has 0 bridgehead atoms. The average Bonchev–Trinajstić information content (AvgIpc) is 2.83. The highest BCUT2D eigenvalue weighted by Crippen LogP contribution is 2.34. The Hall–Kier alpha value is -2.48. The number of ether oxygens (including phenoxy) is 2. The first-order valence-electron chi connectivity index (χ1n) is 6.90. The van der Waals surface area contributed by atoms with Gasteiger partial charge in [0, 0.05) is 5.56 Å². The molecule has 5 heteroatoms. The van der Waals surface area contributed by atoms with Crippen molar-refractivity contribution < 1.29 is 14.0 Å². The van der Waals surface area contributed by atoms with Gasteiger partial charge in [0.2, 0.25) is 0 Å². The van der Waals surface area contributed by atoms with Crippen LogP contribution in [0.5, 0.6) is 11.5 Å². The van der Waals surface area contributed by atoms with E-state index in [1.165, 1.54) is 0 Å². The predicted molar refractivity (Wildman–Crippen MR) is 75.5 cm³/mol. The third-order valence-electron chi connectivity index (χ3n) is 3.71. The first-order chi connectivity index (χ1) is 10.2. The van der Waals surface area contributed by atoms with Crippen molar-refractivity contribution in [1.29, 1.82) is 5.26 Å². The topological polar surface area (TPSA) is 68.3 Å². The van der Waals surface area contributed by atoms with Gasteiger partial charge < -0.3 is 14.0 Å². The molecule has 1 atom stereocenters. The van der Waals surface area contributed by atoms with Crippen LogP contribution in [0.15, 0.2) is 22.7 Å². The van der Waals surface area contributed by atoms with Gasteiger partial charge in [-0.15, -0.1) is 0 Å². The van der Waals surface area contributed by atoms with Gasteiger partial charge >= 0.3 is 0 Å². The molecule has 1 aromatic heterocycles. The van der Waals surface area contributed by atoms with E-state index >= 15 is 0 Å². The molecule has 5 nitrogen and oxygen atoms in total. The predicted octanol–water partition coefficient (Wildman–Crippen LogP) is 2.91. The number of benzene rings is 1. The first-order valence-corrected chi connectivity index (χ1v) is 6.90. The molecule has 2 aromatic rings. The van der Waals surface area contributed by atoms with Crippen LogP contribution in [0.2, 0.25) is 0 Å². The maximum absolute atomic E-state index is 9.49. The molecule has 108 valence electrons. The maximum Gasteiger partial charge on any atom is 0.161 e. The molecule has 2 heterocycles. The Labute approximate surface area is 123 Å². The zero-order valence-corrected chi connectivity index (χ0v) is 12.0. The SMILES string of the molecule is Cc1noc(C)c1CC(C#N)c1ccc2c(c1)OCCO2. The van der Waals surface area contributed by atoms with Gasteiger partial charge in [0.05, 0.1) is 17.7 Å². The fourth-order valence-corrected chi connectivity index (χ4v) is 2.51. The van der Waals surface area contributed by atoms with E-state index in [0.29, 0.717) is 25.4 Å². The summed E-state index contributed by atoms with van der Waals surface area (Å²) in [6, 6.07) is 8.02.